The van der Waals surface area contributed by atoms with E-state index in [1.807, 2.05) is 6.07 Å². The van der Waals surface area contributed by atoms with Crippen molar-refractivity contribution in [3.63, 3.8) is 0 Å². The third kappa shape index (κ3) is 4.78. The number of hydrogen-bond donors (Lipinski definition) is 3. The van der Waals surface area contributed by atoms with E-state index in [1.54, 1.807) is 18.2 Å². The van der Waals surface area contributed by atoms with Crippen LogP contribution in [0.25, 0.3) is 0 Å². The number of nitrogens with one attached hydrogen (secondary N) is 1. The number of hydrogen-bond acceptors (Lipinski definition) is 5. The van der Waals surface area contributed by atoms with E-state index in [0.717, 1.165) is 4.47 Å². The lowest BCUT2D eigenvalue weighted by molar-refractivity contribution is -0.123. The fourth-order valence-corrected chi connectivity index (χ4v) is 1.93. The highest BCUT2D eigenvalue weighted by atomic mass is 79.9. The number of aromatic hydroxyl groups is 2. The Kier molecular flexibility index (Phi) is 5.37. The molecule has 6 nitrogen and oxygen atoms in total. The molecule has 0 saturated carbocycles. The predicted octanol–water partition coefficient (Wildman–Crippen LogP) is 2.39. The monoisotopic (exact) mass is 364 g/mol. The molecule has 0 radical (unpaired) electrons. The normalized spacial score (nSPS) is 10.6. The van der Waals surface area contributed by atoms with E-state index >= 15 is 0 Å². The first kappa shape index (κ1) is 15.8. The quantitative estimate of drug-likeness (QED) is 0.561. The number of ether oxygens (including phenoxy) is 1. The standard InChI is InChI=1S/C15H13BrN2O4/c16-11-2-1-3-13(6-11)22-9-15(21)18-17-8-10-4-5-12(19)7-14(10)20/h1-8,19-20H,9H2,(H,18,21). The molecule has 22 heavy (non-hydrogen) atoms. The van der Waals surface area contributed by atoms with Crippen molar-refractivity contribution in [1.82, 2.24) is 5.43 Å². The Balaban J connectivity index is 1.83. The Hall–Kier alpha value is -2.54. The highest BCUT2D eigenvalue weighted by Gasteiger charge is 2.03. The van der Waals surface area contributed by atoms with Gasteiger partial charge in [-0.05, 0) is 30.3 Å². The SMILES string of the molecule is O=C(COc1cccc(Br)c1)NN=Cc1ccc(O)cc1O. The Bertz CT molecular complexity index is 704. The molecule has 0 atom stereocenters. The highest BCUT2D eigenvalue weighted by Crippen LogP contribution is 2.20. The maximum Gasteiger partial charge on any atom is 0.277 e. The van der Waals surface area contributed by atoms with Gasteiger partial charge in [0, 0.05) is 16.1 Å². The zero-order valence-corrected chi connectivity index (χ0v) is 12.9. The molecule has 2 aromatic rings. The van der Waals surface area contributed by atoms with E-state index in [4.69, 9.17) is 9.84 Å². The number of phenolic OH excluding ortho intramolecular Hbond substituents is 2. The second kappa shape index (κ2) is 7.46. The first-order valence-electron chi connectivity index (χ1n) is 6.27. The van der Waals surface area contributed by atoms with E-state index in [0.29, 0.717) is 11.3 Å². The molecule has 0 bridgehead atoms. The van der Waals surface area contributed by atoms with Crippen LogP contribution in [0.2, 0.25) is 0 Å². The van der Waals surface area contributed by atoms with Gasteiger partial charge in [-0.15, -0.1) is 0 Å². The molecule has 0 fully saturated rings. The molecule has 0 aliphatic carbocycles. The minimum absolute atomic E-state index is 0.0545. The van der Waals surface area contributed by atoms with Gasteiger partial charge in [0.05, 0.1) is 6.21 Å². The number of benzene rings is 2. The van der Waals surface area contributed by atoms with Gasteiger partial charge in [0.25, 0.3) is 5.91 Å². The summed E-state index contributed by atoms with van der Waals surface area (Å²) in [5, 5.41) is 22.4. The average molecular weight is 365 g/mol. The zero-order chi connectivity index (χ0) is 15.9. The van der Waals surface area contributed by atoms with Gasteiger partial charge in [-0.25, -0.2) is 5.43 Å². The van der Waals surface area contributed by atoms with Gasteiger partial charge in [-0.1, -0.05) is 22.0 Å². The fraction of sp³-hybridized carbons (Fsp3) is 0.0667. The largest absolute Gasteiger partial charge is 0.508 e. The second-order valence-corrected chi connectivity index (χ2v) is 5.20. The van der Waals surface area contributed by atoms with Gasteiger partial charge < -0.3 is 14.9 Å². The summed E-state index contributed by atoms with van der Waals surface area (Å²) in [7, 11) is 0. The van der Waals surface area contributed by atoms with Crippen LogP contribution in [0.4, 0.5) is 0 Å². The molecular weight excluding hydrogens is 352 g/mol. The molecule has 0 unspecified atom stereocenters. The van der Waals surface area contributed by atoms with Gasteiger partial charge in [0.2, 0.25) is 0 Å². The van der Waals surface area contributed by atoms with Crippen molar-refractivity contribution >= 4 is 28.1 Å². The topological polar surface area (TPSA) is 91.2 Å². The minimum Gasteiger partial charge on any atom is -0.508 e. The van der Waals surface area contributed by atoms with Crippen LogP contribution in [0, 0.1) is 0 Å². The van der Waals surface area contributed by atoms with Crippen LogP contribution >= 0.6 is 15.9 Å². The van der Waals surface area contributed by atoms with Crippen LogP contribution in [0.1, 0.15) is 5.56 Å². The van der Waals surface area contributed by atoms with E-state index in [2.05, 4.69) is 26.5 Å². The van der Waals surface area contributed by atoms with Crippen LogP contribution in [0.15, 0.2) is 52.0 Å². The predicted molar refractivity (Wildman–Crippen MR) is 85.1 cm³/mol. The van der Waals surface area contributed by atoms with Crippen LogP contribution in [-0.4, -0.2) is 28.9 Å². The molecule has 0 spiro atoms. The molecule has 7 heteroatoms. The second-order valence-electron chi connectivity index (χ2n) is 4.28. The van der Waals surface area contributed by atoms with Gasteiger partial charge >= 0.3 is 0 Å². The summed E-state index contributed by atoms with van der Waals surface area (Å²) >= 11 is 3.30. The average Bonchev–Trinajstić information content (AvgIpc) is 2.47. The number of hydrazone groups is 1. The summed E-state index contributed by atoms with van der Waals surface area (Å²) in [6.45, 7) is -0.185. The minimum atomic E-state index is -0.436. The first-order chi connectivity index (χ1) is 10.5. The summed E-state index contributed by atoms with van der Waals surface area (Å²) in [6.07, 6.45) is 1.27. The van der Waals surface area contributed by atoms with Crippen LogP contribution in [0.3, 0.4) is 0 Å². The van der Waals surface area contributed by atoms with Gasteiger partial charge in [0.1, 0.15) is 17.2 Å². The summed E-state index contributed by atoms with van der Waals surface area (Å²) in [5.41, 5.74) is 2.64. The van der Waals surface area contributed by atoms with Crippen molar-refractivity contribution in [2.24, 2.45) is 5.10 Å². The lowest BCUT2D eigenvalue weighted by Crippen LogP contribution is -2.24. The number of carbonyl (C=O) groups is 1. The van der Waals surface area contributed by atoms with Crippen molar-refractivity contribution in [3.05, 3.63) is 52.5 Å². The molecule has 2 aromatic carbocycles. The molecule has 114 valence electrons. The van der Waals surface area contributed by atoms with Crippen LogP contribution in [-0.2, 0) is 4.79 Å². The van der Waals surface area contributed by atoms with Crippen molar-refractivity contribution in [2.45, 2.75) is 0 Å². The summed E-state index contributed by atoms with van der Waals surface area (Å²) < 4.78 is 6.15. The van der Waals surface area contributed by atoms with E-state index < -0.39 is 5.91 Å². The Morgan fingerprint density at radius 1 is 1.27 bits per heavy atom. The van der Waals surface area contributed by atoms with Crippen molar-refractivity contribution in [2.75, 3.05) is 6.61 Å². The van der Waals surface area contributed by atoms with Gasteiger partial charge in [-0.3, -0.25) is 4.79 Å². The molecule has 0 aromatic heterocycles. The number of amides is 1. The molecule has 1 amide bonds. The summed E-state index contributed by atoms with van der Waals surface area (Å²) in [5.74, 6) is -0.0660. The fourth-order valence-electron chi connectivity index (χ4n) is 1.55. The maximum absolute atomic E-state index is 11.6. The molecule has 0 heterocycles. The number of halogens is 1. The molecule has 0 saturated heterocycles. The molecule has 0 aliphatic heterocycles. The Morgan fingerprint density at radius 3 is 2.82 bits per heavy atom. The molecule has 3 N–H and O–H groups in total. The number of rotatable bonds is 5. The van der Waals surface area contributed by atoms with E-state index in [-0.39, 0.29) is 18.1 Å². The first-order valence-corrected chi connectivity index (χ1v) is 7.06. The third-order valence-electron chi connectivity index (χ3n) is 2.57. The summed E-state index contributed by atoms with van der Waals surface area (Å²) in [4.78, 5) is 11.6. The molecule has 2 rings (SSSR count). The van der Waals surface area contributed by atoms with Crippen molar-refractivity contribution in [1.29, 1.82) is 0 Å². The Morgan fingerprint density at radius 2 is 2.09 bits per heavy atom. The summed E-state index contributed by atoms with van der Waals surface area (Å²) in [6, 6.07) is 11.2. The molecular formula is C15H13BrN2O4. The van der Waals surface area contributed by atoms with E-state index in [9.17, 15) is 9.90 Å². The zero-order valence-electron chi connectivity index (χ0n) is 11.4. The van der Waals surface area contributed by atoms with Gasteiger partial charge in [0.15, 0.2) is 6.61 Å². The van der Waals surface area contributed by atoms with Gasteiger partial charge in [-0.2, -0.15) is 5.10 Å². The lowest BCUT2D eigenvalue weighted by atomic mass is 10.2. The maximum atomic E-state index is 11.6. The number of phenols is 2. The lowest BCUT2D eigenvalue weighted by Gasteiger charge is -2.05. The van der Waals surface area contributed by atoms with E-state index in [1.165, 1.54) is 24.4 Å². The van der Waals surface area contributed by atoms with Crippen molar-refractivity contribution in [3.8, 4) is 17.2 Å². The number of carbonyl (C=O) groups excluding carboxylic acids is 1. The highest BCUT2D eigenvalue weighted by molar-refractivity contribution is 9.10. The smallest absolute Gasteiger partial charge is 0.277 e. The molecule has 0 aliphatic rings. The third-order valence-corrected chi connectivity index (χ3v) is 3.07. The van der Waals surface area contributed by atoms with Crippen molar-refractivity contribution < 1.29 is 19.7 Å². The number of nitrogens with zero attached hydrogens (tertiary/aromatic N) is 1. The Labute approximate surface area is 135 Å². The van der Waals surface area contributed by atoms with Crippen LogP contribution in [0.5, 0.6) is 17.2 Å². The van der Waals surface area contributed by atoms with Crippen LogP contribution < -0.4 is 10.2 Å².